The van der Waals surface area contributed by atoms with E-state index in [1.165, 1.54) is 24.0 Å². The van der Waals surface area contributed by atoms with Crippen LogP contribution in [0.2, 0.25) is 0 Å². The second-order valence-electron chi connectivity index (χ2n) is 8.69. The fourth-order valence-electron chi connectivity index (χ4n) is 5.14. The van der Waals surface area contributed by atoms with Crippen LogP contribution in [-0.4, -0.2) is 48.4 Å². The molecule has 6 rings (SSSR count). The van der Waals surface area contributed by atoms with E-state index in [0.717, 1.165) is 5.39 Å². The van der Waals surface area contributed by atoms with E-state index in [2.05, 4.69) is 10.3 Å². The van der Waals surface area contributed by atoms with Crippen molar-refractivity contribution in [2.24, 2.45) is 0 Å². The van der Waals surface area contributed by atoms with Gasteiger partial charge in [0.1, 0.15) is 12.7 Å². The van der Waals surface area contributed by atoms with Gasteiger partial charge in [-0.3, -0.25) is 24.3 Å². The molecule has 0 saturated carbocycles. The molecule has 2 aliphatic heterocycles. The molecule has 3 aromatic carbocycles. The average molecular weight is 495 g/mol. The van der Waals surface area contributed by atoms with Crippen LogP contribution in [0.25, 0.3) is 10.9 Å². The summed E-state index contributed by atoms with van der Waals surface area (Å²) in [5, 5.41) is 3.77. The van der Waals surface area contributed by atoms with Crippen LogP contribution >= 0.6 is 0 Å². The van der Waals surface area contributed by atoms with E-state index >= 15 is 0 Å². The van der Waals surface area contributed by atoms with Gasteiger partial charge in [0, 0.05) is 17.1 Å². The minimum absolute atomic E-state index is 0.279. The van der Waals surface area contributed by atoms with Crippen LogP contribution in [0.1, 0.15) is 32.4 Å². The Labute approximate surface area is 212 Å². The lowest BCUT2D eigenvalue weighted by Gasteiger charge is -2.40. The summed E-state index contributed by atoms with van der Waals surface area (Å²) in [6, 6.07) is 19.5. The summed E-state index contributed by atoms with van der Waals surface area (Å²) < 4.78 is 10.9. The Balaban J connectivity index is 1.42. The van der Waals surface area contributed by atoms with Crippen LogP contribution in [0.5, 0.6) is 11.5 Å². The molecule has 0 bridgehead atoms. The van der Waals surface area contributed by atoms with Gasteiger partial charge < -0.3 is 19.7 Å². The molecular weight excluding hydrogens is 472 g/mol. The number of benzene rings is 3. The summed E-state index contributed by atoms with van der Waals surface area (Å²) in [6.45, 7) is -0.279. The maximum atomic E-state index is 13.8. The lowest BCUT2D eigenvalue weighted by molar-refractivity contribution is -0.117. The van der Waals surface area contributed by atoms with Crippen molar-refractivity contribution in [1.82, 2.24) is 9.88 Å². The molecule has 1 aromatic heterocycles. The van der Waals surface area contributed by atoms with Crippen LogP contribution < -0.4 is 19.7 Å². The van der Waals surface area contributed by atoms with Gasteiger partial charge in [-0.2, -0.15) is 0 Å². The number of pyridine rings is 1. The van der Waals surface area contributed by atoms with E-state index in [-0.39, 0.29) is 24.1 Å². The van der Waals surface area contributed by atoms with Gasteiger partial charge in [-0.25, -0.2) is 0 Å². The third-order valence-corrected chi connectivity index (χ3v) is 6.70. The number of carbonyl (C=O) groups is 3. The molecular formula is C28H22N4O5. The summed E-state index contributed by atoms with van der Waals surface area (Å²) in [5.41, 5.74) is 2.87. The SMILES string of the molecule is COc1ccc2c(c1OC)C(=O)N1c3ccccc3C(=O)N(CC(=O)Nc3cccc4cccnc34)[C@H]21. The molecule has 9 nitrogen and oxygen atoms in total. The van der Waals surface area contributed by atoms with Crippen LogP contribution in [-0.2, 0) is 4.79 Å². The molecule has 0 radical (unpaired) electrons. The first kappa shape index (κ1) is 22.5. The van der Waals surface area contributed by atoms with Crippen LogP contribution in [0.15, 0.2) is 72.9 Å². The number of para-hydroxylation sites is 2. The Morgan fingerprint density at radius 1 is 0.946 bits per heavy atom. The molecule has 4 aromatic rings. The van der Waals surface area contributed by atoms with Crippen molar-refractivity contribution in [2.45, 2.75) is 6.17 Å². The Hall–Kier alpha value is -4.92. The van der Waals surface area contributed by atoms with Crippen molar-refractivity contribution in [1.29, 1.82) is 0 Å². The summed E-state index contributed by atoms with van der Waals surface area (Å²) in [7, 11) is 2.96. The van der Waals surface area contributed by atoms with Gasteiger partial charge in [-0.15, -0.1) is 0 Å². The number of nitrogens with one attached hydrogen (secondary N) is 1. The van der Waals surface area contributed by atoms with Gasteiger partial charge in [0.2, 0.25) is 5.91 Å². The number of carbonyl (C=O) groups excluding carboxylic acids is 3. The summed E-state index contributed by atoms with van der Waals surface area (Å²) in [5.74, 6) is -0.401. The highest BCUT2D eigenvalue weighted by molar-refractivity contribution is 6.18. The van der Waals surface area contributed by atoms with Gasteiger partial charge in [0.15, 0.2) is 11.5 Å². The van der Waals surface area contributed by atoms with Crippen LogP contribution in [0.4, 0.5) is 11.4 Å². The van der Waals surface area contributed by atoms with E-state index < -0.39 is 12.1 Å². The summed E-state index contributed by atoms with van der Waals surface area (Å²) in [4.78, 5) is 48.1. The lowest BCUT2D eigenvalue weighted by atomic mass is 10.0. The van der Waals surface area contributed by atoms with Crippen molar-refractivity contribution in [3.63, 3.8) is 0 Å². The van der Waals surface area contributed by atoms with Gasteiger partial charge in [0.25, 0.3) is 11.8 Å². The number of rotatable bonds is 5. The number of anilines is 2. The second-order valence-corrected chi connectivity index (χ2v) is 8.69. The number of nitrogens with zero attached hydrogens (tertiary/aromatic N) is 3. The van der Waals surface area contributed by atoms with Gasteiger partial charge >= 0.3 is 0 Å². The third-order valence-electron chi connectivity index (χ3n) is 6.70. The normalized spacial score (nSPS) is 15.8. The number of methoxy groups -OCH3 is 2. The van der Waals surface area contributed by atoms with Gasteiger partial charge in [-0.1, -0.05) is 36.4 Å². The molecule has 9 heteroatoms. The van der Waals surface area contributed by atoms with Crippen molar-refractivity contribution in [3.8, 4) is 11.5 Å². The third kappa shape index (κ3) is 3.39. The first-order valence-corrected chi connectivity index (χ1v) is 11.7. The number of aromatic nitrogens is 1. The molecule has 3 amide bonds. The number of hydrogen-bond acceptors (Lipinski definition) is 6. The Bertz CT molecular complexity index is 1600. The van der Waals surface area contributed by atoms with Crippen LogP contribution in [0, 0.1) is 0 Å². The zero-order valence-electron chi connectivity index (χ0n) is 20.1. The van der Waals surface area contributed by atoms with Crippen molar-refractivity contribution in [3.05, 3.63) is 89.6 Å². The smallest absolute Gasteiger partial charge is 0.264 e. The van der Waals surface area contributed by atoms with E-state index in [1.807, 2.05) is 24.3 Å². The zero-order valence-corrected chi connectivity index (χ0v) is 20.1. The first-order chi connectivity index (χ1) is 18.0. The minimum atomic E-state index is -0.818. The van der Waals surface area contributed by atoms with Crippen molar-refractivity contribution in [2.75, 3.05) is 31.0 Å². The molecule has 1 atom stereocenters. The molecule has 37 heavy (non-hydrogen) atoms. The molecule has 0 aliphatic carbocycles. The van der Waals surface area contributed by atoms with E-state index in [1.54, 1.807) is 48.7 Å². The molecule has 2 aliphatic rings. The fraction of sp³-hybridized carbons (Fsp3) is 0.143. The quantitative estimate of drug-likeness (QED) is 0.450. The predicted molar refractivity (Wildman–Crippen MR) is 137 cm³/mol. The first-order valence-electron chi connectivity index (χ1n) is 11.7. The molecule has 184 valence electrons. The highest BCUT2D eigenvalue weighted by atomic mass is 16.5. The molecule has 0 spiro atoms. The monoisotopic (exact) mass is 494 g/mol. The standard InChI is InChI=1S/C28H22N4O5/c1-36-21-13-12-18-23(25(21)37-2)28(35)32-20-11-4-3-9-17(20)27(34)31(26(18)32)15-22(33)30-19-10-5-7-16-8-6-14-29-24(16)19/h3-14,26H,15H2,1-2H3,(H,30,33)/t26-/m0/s1. The zero-order chi connectivity index (χ0) is 25.7. The lowest BCUT2D eigenvalue weighted by Crippen LogP contribution is -2.50. The maximum absolute atomic E-state index is 13.8. The Kier molecular flexibility index (Phi) is 5.26. The maximum Gasteiger partial charge on any atom is 0.264 e. The minimum Gasteiger partial charge on any atom is -0.493 e. The molecule has 0 saturated heterocycles. The van der Waals surface area contributed by atoms with Crippen molar-refractivity contribution < 1.29 is 23.9 Å². The molecule has 3 heterocycles. The topological polar surface area (TPSA) is 101 Å². The molecule has 0 fully saturated rings. The molecule has 0 unspecified atom stereocenters. The summed E-state index contributed by atoms with van der Waals surface area (Å²) >= 11 is 0. The highest BCUT2D eigenvalue weighted by Gasteiger charge is 2.50. The average Bonchev–Trinajstić information content (AvgIpc) is 3.23. The highest BCUT2D eigenvalue weighted by Crippen LogP contribution is 2.49. The van der Waals surface area contributed by atoms with E-state index in [9.17, 15) is 14.4 Å². The van der Waals surface area contributed by atoms with Crippen LogP contribution in [0.3, 0.4) is 0 Å². The van der Waals surface area contributed by atoms with Gasteiger partial charge in [-0.05, 0) is 30.3 Å². The van der Waals surface area contributed by atoms with E-state index in [0.29, 0.717) is 39.3 Å². The fourth-order valence-corrected chi connectivity index (χ4v) is 5.14. The van der Waals surface area contributed by atoms with Gasteiger partial charge in [0.05, 0.1) is 42.2 Å². The Morgan fingerprint density at radius 2 is 1.76 bits per heavy atom. The molecule has 1 N–H and O–H groups in total. The number of amides is 3. The summed E-state index contributed by atoms with van der Waals surface area (Å²) in [6.07, 6.45) is 0.838. The number of ether oxygens (including phenoxy) is 2. The van der Waals surface area contributed by atoms with Crippen molar-refractivity contribution >= 4 is 40.0 Å². The number of hydrogen-bond donors (Lipinski definition) is 1. The Morgan fingerprint density at radius 3 is 2.57 bits per heavy atom. The second kappa shape index (κ2) is 8.63. The van der Waals surface area contributed by atoms with E-state index in [4.69, 9.17) is 9.47 Å². The largest absolute Gasteiger partial charge is 0.493 e. The predicted octanol–water partition coefficient (Wildman–Crippen LogP) is 4.01. The number of fused-ring (bicyclic) bond motifs is 6.